The molecule has 2 aliphatic rings. The van der Waals surface area contributed by atoms with Crippen LogP contribution in [-0.2, 0) is 12.6 Å². The molecule has 6 heteroatoms. The molecule has 0 aromatic heterocycles. The zero-order chi connectivity index (χ0) is 13.8. The van der Waals surface area contributed by atoms with Crippen molar-refractivity contribution < 1.29 is 13.2 Å². The Bertz CT molecular complexity index is 515. The second-order valence-electron chi connectivity index (χ2n) is 5.23. The predicted molar refractivity (Wildman–Crippen MR) is 71.4 cm³/mol. The van der Waals surface area contributed by atoms with E-state index in [2.05, 4.69) is 26.1 Å². The Morgan fingerprint density at radius 1 is 1.32 bits per heavy atom. The molecule has 2 atom stereocenters. The molecular formula is C13H14BrF3N2. The van der Waals surface area contributed by atoms with Gasteiger partial charge in [-0.1, -0.05) is 15.9 Å². The number of nitrogens with zero attached hydrogens (tertiary/aromatic N) is 1. The first-order valence-corrected chi connectivity index (χ1v) is 7.06. The zero-order valence-corrected chi connectivity index (χ0v) is 12.0. The normalized spacial score (nSPS) is 26.3. The van der Waals surface area contributed by atoms with E-state index in [4.69, 9.17) is 0 Å². The van der Waals surface area contributed by atoms with Gasteiger partial charge in [0.15, 0.2) is 0 Å². The number of hydrogen-bond acceptors (Lipinski definition) is 2. The molecule has 2 aliphatic heterocycles. The van der Waals surface area contributed by atoms with Crippen molar-refractivity contribution in [3.8, 4) is 0 Å². The van der Waals surface area contributed by atoms with E-state index in [9.17, 15) is 13.2 Å². The van der Waals surface area contributed by atoms with Gasteiger partial charge >= 0.3 is 6.18 Å². The number of nitrogens with one attached hydrogen (secondary N) is 1. The topological polar surface area (TPSA) is 15.3 Å². The van der Waals surface area contributed by atoms with Gasteiger partial charge in [0.25, 0.3) is 0 Å². The molecule has 1 N–H and O–H groups in total. The van der Waals surface area contributed by atoms with Crippen LogP contribution in [0, 0.1) is 0 Å². The summed E-state index contributed by atoms with van der Waals surface area (Å²) in [5, 5.41) is 3.32. The Morgan fingerprint density at radius 3 is 2.74 bits per heavy atom. The second kappa shape index (κ2) is 4.38. The van der Waals surface area contributed by atoms with Gasteiger partial charge in [0.1, 0.15) is 0 Å². The zero-order valence-electron chi connectivity index (χ0n) is 10.4. The van der Waals surface area contributed by atoms with E-state index < -0.39 is 11.7 Å². The van der Waals surface area contributed by atoms with Gasteiger partial charge in [-0.3, -0.25) is 0 Å². The Hall–Kier alpha value is -0.750. The summed E-state index contributed by atoms with van der Waals surface area (Å²) in [4.78, 5) is 2.13. The van der Waals surface area contributed by atoms with Gasteiger partial charge in [0.2, 0.25) is 0 Å². The third kappa shape index (κ3) is 2.14. The van der Waals surface area contributed by atoms with Crippen LogP contribution in [0.25, 0.3) is 0 Å². The first-order chi connectivity index (χ1) is 8.88. The van der Waals surface area contributed by atoms with E-state index >= 15 is 0 Å². The van der Waals surface area contributed by atoms with Crippen LogP contribution in [0.2, 0.25) is 0 Å². The molecule has 1 aromatic rings. The Labute approximate surface area is 118 Å². The Morgan fingerprint density at radius 2 is 2.05 bits per heavy atom. The van der Waals surface area contributed by atoms with E-state index in [1.165, 1.54) is 6.07 Å². The van der Waals surface area contributed by atoms with Crippen molar-refractivity contribution in [2.45, 2.75) is 31.6 Å². The first kappa shape index (κ1) is 13.2. The average Bonchev–Trinajstić information content (AvgIpc) is 2.64. The standard InChI is InChI=1S/C13H14BrF3N2/c1-7-5-18-6-9-2-8-3-11(14)10(13(15,16)17)4-12(8)19(7)9/h3-4,7,9,18H,2,5-6H2,1H3. The minimum atomic E-state index is -4.32. The molecule has 0 radical (unpaired) electrons. The highest BCUT2D eigenvalue weighted by Gasteiger charge is 2.39. The molecule has 1 fully saturated rings. The van der Waals surface area contributed by atoms with Gasteiger partial charge in [0.05, 0.1) is 5.56 Å². The largest absolute Gasteiger partial charge is 0.417 e. The van der Waals surface area contributed by atoms with Gasteiger partial charge in [-0.05, 0) is 31.0 Å². The third-order valence-electron chi connectivity index (χ3n) is 3.90. The number of halogens is 4. The maximum Gasteiger partial charge on any atom is 0.417 e. The first-order valence-electron chi connectivity index (χ1n) is 6.26. The van der Waals surface area contributed by atoms with Crippen molar-refractivity contribution in [1.82, 2.24) is 5.32 Å². The molecule has 0 spiro atoms. The average molecular weight is 335 g/mol. The fourth-order valence-electron chi connectivity index (χ4n) is 3.10. The van der Waals surface area contributed by atoms with Gasteiger partial charge in [0, 0.05) is 35.3 Å². The molecular weight excluding hydrogens is 321 g/mol. The molecule has 104 valence electrons. The van der Waals surface area contributed by atoms with Gasteiger partial charge in [-0.2, -0.15) is 13.2 Å². The monoisotopic (exact) mass is 334 g/mol. The van der Waals surface area contributed by atoms with E-state index in [1.54, 1.807) is 6.07 Å². The van der Waals surface area contributed by atoms with Crippen LogP contribution in [-0.4, -0.2) is 25.2 Å². The van der Waals surface area contributed by atoms with Crippen LogP contribution >= 0.6 is 15.9 Å². The summed E-state index contributed by atoms with van der Waals surface area (Å²) in [6, 6.07) is 3.42. The van der Waals surface area contributed by atoms with Crippen LogP contribution in [0.4, 0.5) is 18.9 Å². The fraction of sp³-hybridized carbons (Fsp3) is 0.538. The van der Waals surface area contributed by atoms with Crippen LogP contribution in [0.1, 0.15) is 18.1 Å². The van der Waals surface area contributed by atoms with E-state index in [0.29, 0.717) is 0 Å². The van der Waals surface area contributed by atoms with Crippen molar-refractivity contribution in [3.05, 3.63) is 27.7 Å². The van der Waals surface area contributed by atoms with Gasteiger partial charge in [-0.25, -0.2) is 0 Å². The van der Waals surface area contributed by atoms with Crippen molar-refractivity contribution in [2.75, 3.05) is 18.0 Å². The van der Waals surface area contributed by atoms with Crippen molar-refractivity contribution in [3.63, 3.8) is 0 Å². The second-order valence-corrected chi connectivity index (χ2v) is 6.09. The summed E-state index contributed by atoms with van der Waals surface area (Å²) >= 11 is 3.05. The van der Waals surface area contributed by atoms with Crippen molar-refractivity contribution >= 4 is 21.6 Å². The maximum absolute atomic E-state index is 13.0. The summed E-state index contributed by atoms with van der Waals surface area (Å²) in [6.07, 6.45) is -3.51. The van der Waals surface area contributed by atoms with Crippen LogP contribution in [0.5, 0.6) is 0 Å². The Balaban J connectivity index is 2.08. The van der Waals surface area contributed by atoms with Crippen molar-refractivity contribution in [1.29, 1.82) is 0 Å². The number of anilines is 1. The summed E-state index contributed by atoms with van der Waals surface area (Å²) in [6.45, 7) is 3.69. The highest BCUT2D eigenvalue weighted by atomic mass is 79.9. The van der Waals surface area contributed by atoms with Crippen LogP contribution < -0.4 is 10.2 Å². The molecule has 2 nitrogen and oxygen atoms in total. The summed E-state index contributed by atoms with van der Waals surface area (Å²) in [7, 11) is 0. The lowest BCUT2D eigenvalue weighted by Crippen LogP contribution is -2.54. The molecule has 19 heavy (non-hydrogen) atoms. The summed E-state index contributed by atoms with van der Waals surface area (Å²) < 4.78 is 39.1. The number of alkyl halides is 3. The number of hydrogen-bond donors (Lipinski definition) is 1. The molecule has 1 saturated heterocycles. The van der Waals surface area contributed by atoms with Gasteiger partial charge in [-0.15, -0.1) is 0 Å². The van der Waals surface area contributed by atoms with E-state index in [0.717, 1.165) is 30.8 Å². The SMILES string of the molecule is CC1CNCC2Cc3cc(Br)c(C(F)(F)F)cc3N12. The molecule has 2 unspecified atom stereocenters. The number of fused-ring (bicyclic) bond motifs is 3. The molecule has 3 rings (SSSR count). The number of rotatable bonds is 0. The molecule has 0 aliphatic carbocycles. The quantitative estimate of drug-likeness (QED) is 0.783. The number of piperazine rings is 1. The predicted octanol–water partition coefficient (Wildman–Crippen LogP) is 3.19. The minimum absolute atomic E-state index is 0.138. The van der Waals surface area contributed by atoms with Crippen LogP contribution in [0.15, 0.2) is 16.6 Å². The lowest BCUT2D eigenvalue weighted by atomic mass is 10.1. The molecule has 1 aromatic carbocycles. The highest BCUT2D eigenvalue weighted by Crippen LogP contribution is 2.43. The highest BCUT2D eigenvalue weighted by molar-refractivity contribution is 9.10. The Kier molecular flexibility index (Phi) is 3.05. The molecule has 0 bridgehead atoms. The van der Waals surface area contributed by atoms with Crippen LogP contribution in [0.3, 0.4) is 0 Å². The maximum atomic E-state index is 13.0. The molecule has 2 heterocycles. The van der Waals surface area contributed by atoms with E-state index in [-0.39, 0.29) is 16.6 Å². The summed E-state index contributed by atoms with van der Waals surface area (Å²) in [5.41, 5.74) is 1.16. The number of benzene rings is 1. The molecule has 0 saturated carbocycles. The van der Waals surface area contributed by atoms with Gasteiger partial charge < -0.3 is 10.2 Å². The molecule has 0 amide bonds. The third-order valence-corrected chi connectivity index (χ3v) is 4.55. The fourth-order valence-corrected chi connectivity index (χ4v) is 3.71. The smallest absolute Gasteiger partial charge is 0.363 e. The van der Waals surface area contributed by atoms with Crippen molar-refractivity contribution in [2.24, 2.45) is 0 Å². The lowest BCUT2D eigenvalue weighted by molar-refractivity contribution is -0.138. The van der Waals surface area contributed by atoms with E-state index in [1.807, 2.05) is 6.92 Å². The summed E-state index contributed by atoms with van der Waals surface area (Å²) in [5.74, 6) is 0. The lowest BCUT2D eigenvalue weighted by Gasteiger charge is -2.38. The minimum Gasteiger partial charge on any atom is -0.363 e.